The first-order valence-corrected chi connectivity index (χ1v) is 10.4. The first-order chi connectivity index (χ1) is 14.1. The molecular weight excluding hydrogens is 366 g/mol. The highest BCUT2D eigenvalue weighted by molar-refractivity contribution is 5.92. The van der Waals surface area contributed by atoms with Crippen molar-refractivity contribution in [3.8, 4) is 17.3 Å². The zero-order valence-electron chi connectivity index (χ0n) is 16.9. The number of aryl methyl sites for hydroxylation is 1. The van der Waals surface area contributed by atoms with Crippen molar-refractivity contribution in [3.63, 3.8) is 0 Å². The summed E-state index contributed by atoms with van der Waals surface area (Å²) in [5.41, 5.74) is 3.93. The molecule has 3 heterocycles. The number of hydrogen-bond donors (Lipinski definition) is 2. The van der Waals surface area contributed by atoms with Crippen molar-refractivity contribution in [1.82, 2.24) is 25.1 Å². The maximum Gasteiger partial charge on any atom is 0.233 e. The van der Waals surface area contributed by atoms with E-state index in [1.165, 1.54) is 19.3 Å². The van der Waals surface area contributed by atoms with Gasteiger partial charge < -0.3 is 15.2 Å². The average Bonchev–Trinajstić information content (AvgIpc) is 3.45. The van der Waals surface area contributed by atoms with Crippen LogP contribution in [0.4, 0.5) is 0 Å². The molecule has 2 N–H and O–H groups in total. The quantitative estimate of drug-likeness (QED) is 0.693. The van der Waals surface area contributed by atoms with Crippen molar-refractivity contribution < 1.29 is 9.84 Å². The molecule has 2 unspecified atom stereocenters. The Labute approximate surface area is 170 Å². The van der Waals surface area contributed by atoms with Gasteiger partial charge in [-0.1, -0.05) is 13.0 Å². The number of nitrogens with zero attached hydrogens (tertiary/aromatic N) is 4. The lowest BCUT2D eigenvalue weighted by Crippen LogP contribution is -2.45. The fourth-order valence-electron chi connectivity index (χ4n) is 4.40. The molecule has 1 saturated heterocycles. The van der Waals surface area contributed by atoms with E-state index in [-0.39, 0.29) is 18.6 Å². The van der Waals surface area contributed by atoms with E-state index in [2.05, 4.69) is 16.4 Å². The van der Waals surface area contributed by atoms with Crippen molar-refractivity contribution in [2.45, 2.75) is 38.2 Å². The summed E-state index contributed by atoms with van der Waals surface area (Å²) >= 11 is 0. The highest BCUT2D eigenvalue weighted by Gasteiger charge is 2.52. The molecule has 5 rings (SSSR count). The topological polar surface area (TPSA) is 85.1 Å². The minimum Gasteiger partial charge on any atom is -0.471 e. The largest absolute Gasteiger partial charge is 0.471 e. The second kappa shape index (κ2) is 7.07. The molecule has 7 nitrogen and oxygen atoms in total. The van der Waals surface area contributed by atoms with Crippen LogP contribution in [-0.2, 0) is 7.05 Å². The van der Waals surface area contributed by atoms with Crippen molar-refractivity contribution in [1.29, 1.82) is 0 Å². The Balaban J connectivity index is 1.49. The molecule has 2 aliphatic rings. The fourth-order valence-corrected chi connectivity index (χ4v) is 4.40. The molecule has 0 amide bonds. The molecule has 152 valence electrons. The third-order valence-corrected chi connectivity index (χ3v) is 6.54. The summed E-state index contributed by atoms with van der Waals surface area (Å²) in [4.78, 5) is 9.14. The number of nitrogens with one attached hydrogen (secondary N) is 1. The van der Waals surface area contributed by atoms with Gasteiger partial charge in [-0.25, -0.2) is 4.98 Å². The number of benzene rings is 1. The minimum absolute atomic E-state index is 0.0711. The summed E-state index contributed by atoms with van der Waals surface area (Å²) in [5.74, 6) is 0.628. The van der Waals surface area contributed by atoms with Crippen LogP contribution < -0.4 is 10.1 Å². The Bertz CT molecular complexity index is 1040. The smallest absolute Gasteiger partial charge is 0.233 e. The third kappa shape index (κ3) is 3.28. The van der Waals surface area contributed by atoms with Gasteiger partial charge >= 0.3 is 0 Å². The maximum atomic E-state index is 9.53. The zero-order valence-corrected chi connectivity index (χ0v) is 16.9. The van der Waals surface area contributed by atoms with E-state index in [1.54, 1.807) is 12.4 Å². The van der Waals surface area contributed by atoms with Crippen molar-refractivity contribution in [3.05, 3.63) is 36.2 Å². The lowest BCUT2D eigenvalue weighted by molar-refractivity contribution is 0.0844. The average molecular weight is 393 g/mol. The van der Waals surface area contributed by atoms with Gasteiger partial charge in [-0.2, -0.15) is 5.10 Å². The zero-order chi connectivity index (χ0) is 20.0. The van der Waals surface area contributed by atoms with Crippen LogP contribution in [0, 0.1) is 5.41 Å². The molecule has 7 heteroatoms. The Hall–Kier alpha value is -2.51. The monoisotopic (exact) mass is 393 g/mol. The molecule has 2 atom stereocenters. The van der Waals surface area contributed by atoms with E-state index in [4.69, 9.17) is 14.8 Å². The van der Waals surface area contributed by atoms with Gasteiger partial charge in [0.25, 0.3) is 0 Å². The Kier molecular flexibility index (Phi) is 4.52. The first-order valence-electron chi connectivity index (χ1n) is 10.4. The number of rotatable bonds is 5. The summed E-state index contributed by atoms with van der Waals surface area (Å²) < 4.78 is 8.15. The van der Waals surface area contributed by atoms with Crippen LogP contribution in [0.5, 0.6) is 5.88 Å². The molecule has 2 aromatic heterocycles. The van der Waals surface area contributed by atoms with Gasteiger partial charge in [0.15, 0.2) is 0 Å². The Morgan fingerprint density at radius 2 is 2.17 bits per heavy atom. The van der Waals surface area contributed by atoms with E-state index in [9.17, 15) is 5.11 Å². The number of aromatic nitrogens is 4. The van der Waals surface area contributed by atoms with E-state index >= 15 is 0 Å². The second-order valence-corrected chi connectivity index (χ2v) is 8.50. The number of aliphatic hydroxyl groups excluding tert-OH is 1. The second-order valence-electron chi connectivity index (χ2n) is 8.50. The summed E-state index contributed by atoms with van der Waals surface area (Å²) in [5, 5.41) is 18.7. The van der Waals surface area contributed by atoms with Crippen LogP contribution >= 0.6 is 0 Å². The first kappa shape index (κ1) is 18.5. The molecule has 29 heavy (non-hydrogen) atoms. The molecule has 1 spiro atoms. The van der Waals surface area contributed by atoms with Gasteiger partial charge in [0.05, 0.1) is 17.9 Å². The van der Waals surface area contributed by atoms with Gasteiger partial charge in [0.2, 0.25) is 5.88 Å². The summed E-state index contributed by atoms with van der Waals surface area (Å²) in [6.07, 6.45) is 7.23. The van der Waals surface area contributed by atoms with Crippen LogP contribution in [0.1, 0.15) is 37.7 Å². The standard InChI is InChI=1S/C22H27N5O2/c1-14(13-28)15-3-4-18-16(9-15)21(26-27(18)2)17-10-24-12-20(25-17)29-19-11-23-8-7-22(19)5-6-22/h3-4,9-10,12,14,19,23,28H,5-8,11,13H2,1-2H3. The normalized spacial score (nSPS) is 21.4. The van der Waals surface area contributed by atoms with Crippen LogP contribution in [0.2, 0.25) is 0 Å². The van der Waals surface area contributed by atoms with Crippen LogP contribution in [0.25, 0.3) is 22.3 Å². The summed E-state index contributed by atoms with van der Waals surface area (Å²) in [6.45, 7) is 4.06. The fraction of sp³-hybridized carbons (Fsp3) is 0.500. The van der Waals surface area contributed by atoms with E-state index in [1.807, 2.05) is 30.8 Å². The van der Waals surface area contributed by atoms with Gasteiger partial charge in [0.1, 0.15) is 17.5 Å². The molecular formula is C22H27N5O2. The predicted octanol–water partition coefficient (Wildman–Crippen LogP) is 2.65. The minimum atomic E-state index is 0.0711. The number of aliphatic hydroxyl groups is 1. The number of hydrogen-bond acceptors (Lipinski definition) is 6. The predicted molar refractivity (Wildman–Crippen MR) is 111 cm³/mol. The molecule has 2 fully saturated rings. The van der Waals surface area contributed by atoms with Crippen LogP contribution in [-0.4, -0.2) is 50.7 Å². The SMILES string of the molecule is CC(CO)c1ccc2c(c1)c(-c1cncc(OC3CNCCC34CC4)n1)nn2C. The molecule has 3 aromatic rings. The summed E-state index contributed by atoms with van der Waals surface area (Å²) in [7, 11) is 1.93. The third-order valence-electron chi connectivity index (χ3n) is 6.54. The number of fused-ring (bicyclic) bond motifs is 1. The lowest BCUT2D eigenvalue weighted by atomic mass is 9.92. The molecule has 0 bridgehead atoms. The van der Waals surface area contributed by atoms with Gasteiger partial charge in [-0.15, -0.1) is 0 Å². The van der Waals surface area contributed by atoms with Gasteiger partial charge in [0, 0.05) is 36.9 Å². The molecule has 1 aromatic carbocycles. The molecule has 1 aliphatic heterocycles. The highest BCUT2D eigenvalue weighted by atomic mass is 16.5. The maximum absolute atomic E-state index is 9.53. The van der Waals surface area contributed by atoms with Crippen molar-refractivity contribution >= 4 is 10.9 Å². The summed E-state index contributed by atoms with van der Waals surface area (Å²) in [6, 6.07) is 6.19. The van der Waals surface area contributed by atoms with Crippen molar-refractivity contribution in [2.75, 3.05) is 19.7 Å². The highest BCUT2D eigenvalue weighted by Crippen LogP contribution is 2.53. The van der Waals surface area contributed by atoms with E-state index in [0.29, 0.717) is 17.0 Å². The van der Waals surface area contributed by atoms with Crippen molar-refractivity contribution in [2.24, 2.45) is 12.5 Å². The Morgan fingerprint density at radius 1 is 1.31 bits per heavy atom. The van der Waals surface area contributed by atoms with E-state index in [0.717, 1.165) is 35.2 Å². The Morgan fingerprint density at radius 3 is 2.97 bits per heavy atom. The molecule has 0 radical (unpaired) electrons. The van der Waals surface area contributed by atoms with Gasteiger partial charge in [-0.05, 0) is 43.5 Å². The molecule has 1 saturated carbocycles. The molecule has 1 aliphatic carbocycles. The van der Waals surface area contributed by atoms with Crippen LogP contribution in [0.3, 0.4) is 0 Å². The van der Waals surface area contributed by atoms with Gasteiger partial charge in [-0.3, -0.25) is 9.67 Å². The van der Waals surface area contributed by atoms with Crippen LogP contribution in [0.15, 0.2) is 30.6 Å². The number of ether oxygens (including phenoxy) is 1. The van der Waals surface area contributed by atoms with E-state index < -0.39 is 0 Å². The number of piperidine rings is 1. The lowest BCUT2D eigenvalue weighted by Gasteiger charge is -2.32.